The fourth-order valence-electron chi connectivity index (χ4n) is 1.18. The zero-order chi connectivity index (χ0) is 10.1. The second-order valence-corrected chi connectivity index (χ2v) is 4.53. The van der Waals surface area contributed by atoms with Gasteiger partial charge >= 0.3 is 0 Å². The molecule has 0 amide bonds. The van der Waals surface area contributed by atoms with Crippen molar-refractivity contribution < 1.29 is 9.50 Å². The van der Waals surface area contributed by atoms with Crippen molar-refractivity contribution in [1.82, 2.24) is 0 Å². The lowest BCUT2D eigenvalue weighted by Crippen LogP contribution is -1.78. The quantitative estimate of drug-likeness (QED) is 0.831. The molecule has 0 atom stereocenters. The summed E-state index contributed by atoms with van der Waals surface area (Å²) in [4.78, 5) is 0.905. The van der Waals surface area contributed by atoms with Gasteiger partial charge in [0.15, 0.2) is 0 Å². The van der Waals surface area contributed by atoms with E-state index in [0.717, 1.165) is 15.4 Å². The van der Waals surface area contributed by atoms with Crippen LogP contribution in [0.1, 0.15) is 0 Å². The maximum Gasteiger partial charge on any atom is 0.127 e. The van der Waals surface area contributed by atoms with Crippen LogP contribution in [0.5, 0.6) is 5.75 Å². The topological polar surface area (TPSA) is 20.2 Å². The molecule has 0 saturated carbocycles. The zero-order valence-corrected chi connectivity index (χ0v) is 9.40. The Morgan fingerprint density at radius 1 is 1.29 bits per heavy atom. The molecule has 1 aromatic carbocycles. The SMILES string of the molecule is Oc1cc(F)ccc1-c1sccc1Br. The minimum Gasteiger partial charge on any atom is -0.507 e. The number of hydrogen-bond donors (Lipinski definition) is 1. The first-order valence-corrected chi connectivity index (χ1v) is 5.57. The monoisotopic (exact) mass is 272 g/mol. The van der Waals surface area contributed by atoms with Crippen molar-refractivity contribution in [2.75, 3.05) is 0 Å². The van der Waals surface area contributed by atoms with E-state index in [0.29, 0.717) is 5.56 Å². The lowest BCUT2D eigenvalue weighted by molar-refractivity contribution is 0.471. The first-order chi connectivity index (χ1) is 6.68. The Labute approximate surface area is 93.0 Å². The van der Waals surface area contributed by atoms with Crippen molar-refractivity contribution >= 4 is 27.3 Å². The molecule has 14 heavy (non-hydrogen) atoms. The van der Waals surface area contributed by atoms with E-state index in [-0.39, 0.29) is 5.75 Å². The normalized spacial score (nSPS) is 10.4. The molecule has 0 radical (unpaired) electrons. The van der Waals surface area contributed by atoms with Crippen LogP contribution in [0.3, 0.4) is 0 Å². The lowest BCUT2D eigenvalue weighted by Gasteiger charge is -2.02. The molecule has 0 fully saturated rings. The molecule has 0 aliphatic carbocycles. The third-order valence-electron chi connectivity index (χ3n) is 1.82. The molecule has 0 spiro atoms. The molecular formula is C10H6BrFOS. The van der Waals surface area contributed by atoms with Gasteiger partial charge in [0.05, 0.1) is 4.88 Å². The smallest absolute Gasteiger partial charge is 0.127 e. The minimum atomic E-state index is -0.432. The van der Waals surface area contributed by atoms with Crippen LogP contribution in [-0.2, 0) is 0 Å². The van der Waals surface area contributed by atoms with Crippen LogP contribution in [-0.4, -0.2) is 5.11 Å². The van der Waals surface area contributed by atoms with Gasteiger partial charge in [0.2, 0.25) is 0 Å². The Morgan fingerprint density at radius 3 is 2.64 bits per heavy atom. The van der Waals surface area contributed by atoms with Gasteiger partial charge in [-0.25, -0.2) is 4.39 Å². The summed E-state index contributed by atoms with van der Waals surface area (Å²) in [7, 11) is 0. The molecule has 2 aromatic rings. The molecule has 1 heterocycles. The summed E-state index contributed by atoms with van der Waals surface area (Å²) < 4.78 is 13.6. The van der Waals surface area contributed by atoms with Gasteiger partial charge in [-0.15, -0.1) is 11.3 Å². The van der Waals surface area contributed by atoms with E-state index in [1.807, 2.05) is 11.4 Å². The van der Waals surface area contributed by atoms with Gasteiger partial charge in [0, 0.05) is 16.1 Å². The van der Waals surface area contributed by atoms with Crippen LogP contribution >= 0.6 is 27.3 Å². The lowest BCUT2D eigenvalue weighted by atomic mass is 10.1. The van der Waals surface area contributed by atoms with Crippen molar-refractivity contribution in [2.45, 2.75) is 0 Å². The predicted molar refractivity (Wildman–Crippen MR) is 59.1 cm³/mol. The molecule has 0 unspecified atom stereocenters. The van der Waals surface area contributed by atoms with E-state index in [4.69, 9.17) is 0 Å². The summed E-state index contributed by atoms with van der Waals surface area (Å²) in [6.07, 6.45) is 0. The molecule has 0 saturated heterocycles. The molecule has 1 aromatic heterocycles. The molecule has 72 valence electrons. The second kappa shape index (κ2) is 3.71. The Bertz CT molecular complexity index is 467. The van der Waals surface area contributed by atoms with Crippen LogP contribution in [0.2, 0.25) is 0 Å². The Kier molecular flexibility index (Phi) is 2.56. The van der Waals surface area contributed by atoms with Crippen molar-refractivity contribution in [1.29, 1.82) is 0 Å². The first-order valence-electron chi connectivity index (χ1n) is 3.90. The standard InChI is InChI=1S/C10H6BrFOS/c11-8-3-4-14-10(8)7-2-1-6(12)5-9(7)13/h1-5,13H. The molecule has 1 N–H and O–H groups in total. The van der Waals surface area contributed by atoms with E-state index in [2.05, 4.69) is 15.9 Å². The van der Waals surface area contributed by atoms with E-state index in [1.54, 1.807) is 6.07 Å². The van der Waals surface area contributed by atoms with Crippen molar-refractivity contribution in [3.63, 3.8) is 0 Å². The van der Waals surface area contributed by atoms with Crippen LogP contribution in [0.25, 0.3) is 10.4 Å². The minimum absolute atomic E-state index is 0.0341. The van der Waals surface area contributed by atoms with Gasteiger partial charge in [0.1, 0.15) is 11.6 Å². The van der Waals surface area contributed by atoms with E-state index in [9.17, 15) is 9.50 Å². The fraction of sp³-hybridized carbons (Fsp3) is 0. The first kappa shape index (κ1) is 9.68. The molecular weight excluding hydrogens is 267 g/mol. The average molecular weight is 273 g/mol. The number of phenolic OH excluding ortho intramolecular Hbond substituents is 1. The summed E-state index contributed by atoms with van der Waals surface area (Å²) in [5, 5.41) is 11.4. The molecule has 4 heteroatoms. The van der Waals surface area contributed by atoms with E-state index >= 15 is 0 Å². The van der Waals surface area contributed by atoms with Crippen molar-refractivity contribution in [3.8, 4) is 16.2 Å². The Balaban J connectivity index is 2.58. The fourth-order valence-corrected chi connectivity index (χ4v) is 2.80. The van der Waals surface area contributed by atoms with Crippen LogP contribution in [0.4, 0.5) is 4.39 Å². The summed E-state index contributed by atoms with van der Waals surface area (Å²) in [5.74, 6) is -0.466. The number of benzene rings is 1. The summed E-state index contributed by atoms with van der Waals surface area (Å²) in [5.41, 5.74) is 0.647. The highest BCUT2D eigenvalue weighted by atomic mass is 79.9. The molecule has 0 aliphatic rings. The summed E-state index contributed by atoms with van der Waals surface area (Å²) in [6.45, 7) is 0. The van der Waals surface area contributed by atoms with Crippen LogP contribution in [0.15, 0.2) is 34.1 Å². The Hall–Kier alpha value is -0.870. The molecule has 0 bridgehead atoms. The van der Waals surface area contributed by atoms with Crippen molar-refractivity contribution in [2.24, 2.45) is 0 Å². The van der Waals surface area contributed by atoms with Crippen LogP contribution < -0.4 is 0 Å². The van der Waals surface area contributed by atoms with Gasteiger partial charge in [-0.3, -0.25) is 0 Å². The van der Waals surface area contributed by atoms with Gasteiger partial charge in [-0.1, -0.05) is 0 Å². The maximum atomic E-state index is 12.7. The molecule has 0 aliphatic heterocycles. The molecule has 2 rings (SSSR count). The average Bonchev–Trinajstić information content (AvgIpc) is 2.52. The van der Waals surface area contributed by atoms with Gasteiger partial charge in [-0.2, -0.15) is 0 Å². The number of phenols is 1. The number of aromatic hydroxyl groups is 1. The number of thiophene rings is 1. The number of hydrogen-bond acceptors (Lipinski definition) is 2. The number of rotatable bonds is 1. The highest BCUT2D eigenvalue weighted by molar-refractivity contribution is 9.10. The predicted octanol–water partition coefficient (Wildman–Crippen LogP) is 4.02. The van der Waals surface area contributed by atoms with Gasteiger partial charge in [-0.05, 0) is 39.5 Å². The summed E-state index contributed by atoms with van der Waals surface area (Å²) in [6, 6.07) is 5.91. The zero-order valence-electron chi connectivity index (χ0n) is 7.00. The summed E-state index contributed by atoms with van der Waals surface area (Å²) >= 11 is 4.85. The largest absolute Gasteiger partial charge is 0.507 e. The Morgan fingerprint density at radius 2 is 2.07 bits per heavy atom. The number of halogens is 2. The van der Waals surface area contributed by atoms with E-state index < -0.39 is 5.82 Å². The maximum absolute atomic E-state index is 12.7. The van der Waals surface area contributed by atoms with Gasteiger partial charge < -0.3 is 5.11 Å². The van der Waals surface area contributed by atoms with Crippen molar-refractivity contribution in [3.05, 3.63) is 39.9 Å². The second-order valence-electron chi connectivity index (χ2n) is 2.76. The van der Waals surface area contributed by atoms with E-state index in [1.165, 1.54) is 17.4 Å². The third-order valence-corrected chi connectivity index (χ3v) is 3.69. The highest BCUT2D eigenvalue weighted by Crippen LogP contribution is 2.38. The highest BCUT2D eigenvalue weighted by Gasteiger charge is 2.09. The van der Waals surface area contributed by atoms with Gasteiger partial charge in [0.25, 0.3) is 0 Å². The van der Waals surface area contributed by atoms with Crippen LogP contribution in [0, 0.1) is 5.82 Å². The molecule has 1 nitrogen and oxygen atoms in total. The third kappa shape index (κ3) is 1.67.